The van der Waals surface area contributed by atoms with Crippen LogP contribution < -0.4 is 10.6 Å². The molecule has 0 spiro atoms. The minimum Gasteiger partial charge on any atom is -0.355 e. The summed E-state index contributed by atoms with van der Waals surface area (Å²) >= 11 is 7.80. The number of aryl methyl sites for hydroxylation is 1. The highest BCUT2D eigenvalue weighted by molar-refractivity contribution is 7.10. The molecule has 1 aliphatic heterocycles. The maximum atomic E-state index is 13.6. The quantitative estimate of drug-likeness (QED) is 0.393. The van der Waals surface area contributed by atoms with Gasteiger partial charge in [0.05, 0.1) is 22.9 Å². The first-order valence-corrected chi connectivity index (χ1v) is 12.1. The average Bonchev–Trinajstić information content (AvgIpc) is 3.44. The molecule has 5 heterocycles. The van der Waals surface area contributed by atoms with Crippen molar-refractivity contribution in [3.8, 4) is 11.3 Å². The van der Waals surface area contributed by atoms with E-state index in [9.17, 15) is 4.39 Å². The Kier molecular flexibility index (Phi) is 4.13. The van der Waals surface area contributed by atoms with E-state index < -0.39 is 0 Å². The van der Waals surface area contributed by atoms with Gasteiger partial charge in [0.25, 0.3) is 0 Å². The van der Waals surface area contributed by atoms with Gasteiger partial charge in [-0.15, -0.1) is 0 Å². The van der Waals surface area contributed by atoms with Crippen LogP contribution in [0.2, 0.25) is 5.02 Å². The predicted molar refractivity (Wildman–Crippen MR) is 128 cm³/mol. The predicted octanol–water partition coefficient (Wildman–Crippen LogP) is 3.12. The van der Waals surface area contributed by atoms with Crippen LogP contribution in [-0.4, -0.2) is 54.6 Å². The lowest BCUT2D eigenvalue weighted by Crippen LogP contribution is -2.35. The Labute approximate surface area is 201 Å². The Balaban J connectivity index is 1.18. The average molecular weight is 496 g/mol. The standard InChI is InChI=1S/C22H19ClFN9S/c1-32-6-11-14(31-32)3-2-10(17(11)23)18-19-20(30-29-18)28-16(5-26-19)33-7-12-13(8-33)22(12,9-25)21-27-4-15(24)34-21/h2-6,12-13H,7-9,25H2,1H3,(H,28,29,30)/t12-,13+,22-. The summed E-state index contributed by atoms with van der Waals surface area (Å²) in [4.78, 5) is 16.0. The van der Waals surface area contributed by atoms with Crippen molar-refractivity contribution < 1.29 is 4.39 Å². The number of thiazole rings is 1. The van der Waals surface area contributed by atoms with Crippen LogP contribution in [-0.2, 0) is 12.5 Å². The van der Waals surface area contributed by atoms with Crippen LogP contribution in [0.5, 0.6) is 0 Å². The number of fused-ring (bicyclic) bond motifs is 3. The summed E-state index contributed by atoms with van der Waals surface area (Å²) in [6, 6.07) is 3.83. The molecule has 3 N–H and O–H groups in total. The van der Waals surface area contributed by atoms with Gasteiger partial charge in [-0.05, 0) is 24.0 Å². The van der Waals surface area contributed by atoms with Crippen LogP contribution in [0.4, 0.5) is 10.2 Å². The molecule has 0 bridgehead atoms. The number of hydrogen-bond acceptors (Lipinski definition) is 8. The van der Waals surface area contributed by atoms with Crippen molar-refractivity contribution in [3.05, 3.63) is 45.9 Å². The molecule has 9 nitrogen and oxygen atoms in total. The van der Waals surface area contributed by atoms with E-state index in [-0.39, 0.29) is 10.5 Å². The van der Waals surface area contributed by atoms with Crippen molar-refractivity contribution in [3.63, 3.8) is 0 Å². The summed E-state index contributed by atoms with van der Waals surface area (Å²) in [5.41, 5.74) is 9.44. The third-order valence-electron chi connectivity index (χ3n) is 7.32. The largest absolute Gasteiger partial charge is 0.355 e. The zero-order valence-corrected chi connectivity index (χ0v) is 19.6. The Morgan fingerprint density at radius 3 is 2.82 bits per heavy atom. The molecule has 1 aliphatic carbocycles. The van der Waals surface area contributed by atoms with Gasteiger partial charge in [0.2, 0.25) is 0 Å². The molecule has 2 fully saturated rings. The molecule has 5 aromatic rings. The number of benzene rings is 1. The lowest BCUT2D eigenvalue weighted by molar-refractivity contribution is 0.550. The Morgan fingerprint density at radius 2 is 2.09 bits per heavy atom. The van der Waals surface area contributed by atoms with E-state index in [1.54, 1.807) is 10.9 Å². The summed E-state index contributed by atoms with van der Waals surface area (Å²) in [6.07, 6.45) is 4.95. The first-order valence-electron chi connectivity index (χ1n) is 10.9. The number of nitrogens with one attached hydrogen (secondary N) is 1. The van der Waals surface area contributed by atoms with Gasteiger partial charge in [-0.3, -0.25) is 9.78 Å². The second-order valence-electron chi connectivity index (χ2n) is 8.99. The number of piperidine rings is 1. The Bertz CT molecular complexity index is 1580. The lowest BCUT2D eigenvalue weighted by atomic mass is 10.0. The van der Waals surface area contributed by atoms with Crippen LogP contribution in [0, 0.1) is 17.0 Å². The number of aromatic amines is 1. The normalized spacial score (nSPS) is 23.8. The molecule has 2 aliphatic rings. The fourth-order valence-electron chi connectivity index (χ4n) is 5.59. The molecule has 1 saturated heterocycles. The van der Waals surface area contributed by atoms with Crippen molar-refractivity contribution in [1.82, 2.24) is 34.9 Å². The fourth-order valence-corrected chi connectivity index (χ4v) is 6.86. The van der Waals surface area contributed by atoms with Gasteiger partial charge in [-0.1, -0.05) is 22.9 Å². The van der Waals surface area contributed by atoms with Gasteiger partial charge >= 0.3 is 0 Å². The number of hydrogen-bond donors (Lipinski definition) is 2. The zero-order valence-electron chi connectivity index (χ0n) is 18.0. The molecule has 7 rings (SSSR count). The van der Waals surface area contributed by atoms with Crippen LogP contribution >= 0.6 is 22.9 Å². The number of rotatable bonds is 4. The maximum Gasteiger partial charge on any atom is 0.196 e. The molecule has 3 atom stereocenters. The van der Waals surface area contributed by atoms with Gasteiger partial charge in [-0.25, -0.2) is 15.0 Å². The highest BCUT2D eigenvalue weighted by atomic mass is 35.5. The van der Waals surface area contributed by atoms with Crippen LogP contribution in [0.3, 0.4) is 0 Å². The highest BCUT2D eigenvalue weighted by Crippen LogP contribution is 2.63. The minimum absolute atomic E-state index is 0.216. The number of halogens is 2. The van der Waals surface area contributed by atoms with Gasteiger partial charge in [0.15, 0.2) is 10.8 Å². The SMILES string of the molecule is Cn1cc2c(Cl)c(-c3n[nH]c4nc(N5C[C@@H]6[C@H](C5)[C@]6(CN)c5ncc(F)s5)cnc34)ccc2n1. The summed E-state index contributed by atoms with van der Waals surface area (Å²) in [5, 5.41) is 13.9. The molecule has 1 aromatic carbocycles. The van der Waals surface area contributed by atoms with Crippen molar-refractivity contribution in [2.45, 2.75) is 5.41 Å². The van der Waals surface area contributed by atoms with Crippen molar-refractivity contribution in [2.75, 3.05) is 24.5 Å². The minimum atomic E-state index is -0.265. The molecule has 4 aromatic heterocycles. The first-order chi connectivity index (χ1) is 16.5. The van der Waals surface area contributed by atoms with E-state index in [4.69, 9.17) is 22.3 Å². The molecular weight excluding hydrogens is 477 g/mol. The fraction of sp³-hybridized carbons (Fsp3) is 0.318. The molecule has 0 amide bonds. The molecule has 0 unspecified atom stereocenters. The number of anilines is 1. The summed E-state index contributed by atoms with van der Waals surface area (Å²) < 4.78 is 15.3. The van der Waals surface area contributed by atoms with Crippen LogP contribution in [0.15, 0.2) is 30.7 Å². The van der Waals surface area contributed by atoms with Crippen molar-refractivity contribution in [1.29, 1.82) is 0 Å². The summed E-state index contributed by atoms with van der Waals surface area (Å²) in [5.74, 6) is 1.45. The number of H-pyrrole nitrogens is 1. The monoisotopic (exact) mass is 495 g/mol. The van der Waals surface area contributed by atoms with Crippen molar-refractivity contribution >= 4 is 50.8 Å². The van der Waals surface area contributed by atoms with E-state index >= 15 is 0 Å². The van der Waals surface area contributed by atoms with Crippen LogP contribution in [0.25, 0.3) is 33.3 Å². The van der Waals surface area contributed by atoms with Crippen molar-refractivity contribution in [2.24, 2.45) is 24.6 Å². The second-order valence-corrected chi connectivity index (χ2v) is 10.4. The first kappa shape index (κ1) is 20.2. The number of aromatic nitrogens is 7. The third-order valence-corrected chi connectivity index (χ3v) is 8.71. The number of nitrogens with two attached hydrogens (primary N) is 1. The summed E-state index contributed by atoms with van der Waals surface area (Å²) in [6.45, 7) is 2.04. The van der Waals surface area contributed by atoms with Gasteiger partial charge in [-0.2, -0.15) is 14.6 Å². The smallest absolute Gasteiger partial charge is 0.196 e. The highest BCUT2D eigenvalue weighted by Gasteiger charge is 2.69. The Morgan fingerprint density at radius 1 is 1.26 bits per heavy atom. The van der Waals surface area contributed by atoms with Gasteiger partial charge < -0.3 is 10.6 Å². The van der Waals surface area contributed by atoms with E-state index in [0.29, 0.717) is 40.3 Å². The van der Waals surface area contributed by atoms with Gasteiger partial charge in [0, 0.05) is 49.2 Å². The molecule has 34 heavy (non-hydrogen) atoms. The third kappa shape index (κ3) is 2.65. The van der Waals surface area contributed by atoms with E-state index in [0.717, 1.165) is 51.7 Å². The summed E-state index contributed by atoms with van der Waals surface area (Å²) in [7, 11) is 1.86. The number of nitrogens with zero attached hydrogens (tertiary/aromatic N) is 7. The Hall–Kier alpha value is -3.15. The molecule has 0 radical (unpaired) electrons. The van der Waals surface area contributed by atoms with E-state index in [1.807, 2.05) is 25.4 Å². The zero-order chi connectivity index (χ0) is 23.2. The van der Waals surface area contributed by atoms with Crippen LogP contribution in [0.1, 0.15) is 5.01 Å². The second kappa shape index (κ2) is 6.94. The molecular formula is C22H19ClFN9S. The van der Waals surface area contributed by atoms with E-state index in [1.165, 1.54) is 6.20 Å². The lowest BCUT2D eigenvalue weighted by Gasteiger charge is -2.25. The van der Waals surface area contributed by atoms with Gasteiger partial charge in [0.1, 0.15) is 22.0 Å². The van der Waals surface area contributed by atoms with E-state index in [2.05, 4.69) is 30.2 Å². The molecule has 172 valence electrons. The molecule has 12 heteroatoms. The topological polar surface area (TPSA) is 114 Å². The maximum absolute atomic E-state index is 13.6. The molecule has 1 saturated carbocycles.